The summed E-state index contributed by atoms with van der Waals surface area (Å²) in [6.45, 7) is 1.33. The number of hydrogen-bond acceptors (Lipinski definition) is 2. The van der Waals surface area contributed by atoms with Crippen molar-refractivity contribution in [3.8, 4) is 5.82 Å². The lowest BCUT2D eigenvalue weighted by Crippen LogP contribution is -2.15. The zero-order chi connectivity index (χ0) is 11.9. The van der Waals surface area contributed by atoms with Crippen LogP contribution in [0.3, 0.4) is 0 Å². The van der Waals surface area contributed by atoms with Crippen LogP contribution in [0.5, 0.6) is 0 Å². The summed E-state index contributed by atoms with van der Waals surface area (Å²) in [7, 11) is 1.62. The maximum atomic E-state index is 12.8. The number of nitrogens with zero attached hydrogens (tertiary/aromatic N) is 4. The Morgan fingerprint density at radius 2 is 1.94 bits per heavy atom. The predicted molar refractivity (Wildman–Crippen MR) is 50.1 cm³/mol. The van der Waals surface area contributed by atoms with Gasteiger partial charge in [-0.15, -0.1) is 0 Å². The highest BCUT2D eigenvalue weighted by Crippen LogP contribution is 2.32. The van der Waals surface area contributed by atoms with E-state index < -0.39 is 11.9 Å². The summed E-state index contributed by atoms with van der Waals surface area (Å²) < 4.78 is 40.8. The molecule has 0 aliphatic rings. The van der Waals surface area contributed by atoms with Gasteiger partial charge in [0, 0.05) is 7.05 Å². The molecule has 0 aliphatic heterocycles. The molecule has 2 rings (SSSR count). The minimum absolute atomic E-state index is 0.0475. The summed E-state index contributed by atoms with van der Waals surface area (Å²) in [6.07, 6.45) is -0.485. The molecule has 2 aromatic heterocycles. The van der Waals surface area contributed by atoms with E-state index in [0.717, 1.165) is 10.9 Å². The molecule has 0 amide bonds. The Bertz CT molecular complexity index is 509. The van der Waals surface area contributed by atoms with E-state index in [4.69, 9.17) is 0 Å². The van der Waals surface area contributed by atoms with E-state index >= 15 is 0 Å². The molecular formula is C9H9F3N4. The van der Waals surface area contributed by atoms with Gasteiger partial charge in [0.25, 0.3) is 0 Å². The second-order valence-electron chi connectivity index (χ2n) is 3.41. The number of alkyl halides is 3. The molecule has 4 nitrogen and oxygen atoms in total. The molecule has 0 fully saturated rings. The Labute approximate surface area is 89.4 Å². The Balaban J connectivity index is 2.64. The molecule has 7 heteroatoms. The molecule has 86 valence electrons. The lowest BCUT2D eigenvalue weighted by molar-refractivity contribution is -0.142. The molecule has 0 N–H and O–H groups in total. The molecule has 0 atom stereocenters. The number of aryl methyl sites for hydroxylation is 2. The summed E-state index contributed by atoms with van der Waals surface area (Å²) in [5.41, 5.74) is -0.815. The lowest BCUT2D eigenvalue weighted by atomic mass is 10.3. The van der Waals surface area contributed by atoms with Crippen LogP contribution in [-0.2, 0) is 13.2 Å². The van der Waals surface area contributed by atoms with Gasteiger partial charge in [0.15, 0.2) is 5.69 Å². The molecule has 0 saturated carbocycles. The van der Waals surface area contributed by atoms with Gasteiger partial charge in [0.2, 0.25) is 0 Å². The van der Waals surface area contributed by atoms with Crippen molar-refractivity contribution in [3.05, 3.63) is 30.2 Å². The fraction of sp³-hybridized carbons (Fsp3) is 0.333. The summed E-state index contributed by atoms with van der Waals surface area (Å²) >= 11 is 0. The molecule has 0 aromatic carbocycles. The molecule has 2 heterocycles. The van der Waals surface area contributed by atoms with Crippen molar-refractivity contribution >= 4 is 0 Å². The monoisotopic (exact) mass is 230 g/mol. The van der Waals surface area contributed by atoms with Gasteiger partial charge in [-0.1, -0.05) is 0 Å². The maximum absolute atomic E-state index is 12.8. The second kappa shape index (κ2) is 3.36. The third-order valence-electron chi connectivity index (χ3n) is 2.26. The van der Waals surface area contributed by atoms with Crippen LogP contribution in [0.4, 0.5) is 13.2 Å². The Kier molecular flexibility index (Phi) is 2.25. The van der Waals surface area contributed by atoms with Crippen LogP contribution in [-0.4, -0.2) is 19.1 Å². The molecular weight excluding hydrogens is 221 g/mol. The van der Waals surface area contributed by atoms with Crippen LogP contribution in [0, 0.1) is 6.92 Å². The van der Waals surface area contributed by atoms with Crippen molar-refractivity contribution in [2.75, 3.05) is 0 Å². The topological polar surface area (TPSA) is 35.6 Å². The van der Waals surface area contributed by atoms with Gasteiger partial charge in [0.05, 0.1) is 18.2 Å². The quantitative estimate of drug-likeness (QED) is 0.750. The molecule has 2 aromatic rings. The molecule has 0 unspecified atom stereocenters. The van der Waals surface area contributed by atoms with Crippen LogP contribution in [0.15, 0.2) is 18.9 Å². The van der Waals surface area contributed by atoms with E-state index in [0.29, 0.717) is 5.82 Å². The van der Waals surface area contributed by atoms with Crippen LogP contribution >= 0.6 is 0 Å². The summed E-state index contributed by atoms with van der Waals surface area (Å²) in [5.74, 6) is 0.327. The summed E-state index contributed by atoms with van der Waals surface area (Å²) in [6, 6.07) is 0. The number of rotatable bonds is 1. The van der Waals surface area contributed by atoms with Crippen molar-refractivity contribution in [1.82, 2.24) is 19.1 Å². The largest absolute Gasteiger partial charge is 0.433 e. The van der Waals surface area contributed by atoms with Crippen LogP contribution in [0.25, 0.3) is 5.82 Å². The predicted octanol–water partition coefficient (Wildman–Crippen LogP) is 1.93. The maximum Gasteiger partial charge on any atom is 0.433 e. The highest BCUT2D eigenvalue weighted by molar-refractivity contribution is 5.28. The smallest absolute Gasteiger partial charge is 0.320 e. The Morgan fingerprint density at radius 3 is 2.44 bits per heavy atom. The summed E-state index contributed by atoms with van der Waals surface area (Å²) in [4.78, 5) is 7.46. The molecule has 0 bridgehead atoms. The third kappa shape index (κ3) is 1.58. The minimum atomic E-state index is -4.43. The fourth-order valence-corrected chi connectivity index (χ4v) is 1.54. The Morgan fingerprint density at radius 1 is 1.25 bits per heavy atom. The minimum Gasteiger partial charge on any atom is -0.320 e. The first-order valence-corrected chi connectivity index (χ1v) is 4.49. The van der Waals surface area contributed by atoms with Crippen molar-refractivity contribution in [2.45, 2.75) is 13.1 Å². The van der Waals surface area contributed by atoms with E-state index in [9.17, 15) is 13.2 Å². The van der Waals surface area contributed by atoms with Gasteiger partial charge in [-0.05, 0) is 6.92 Å². The van der Waals surface area contributed by atoms with Crippen molar-refractivity contribution in [1.29, 1.82) is 0 Å². The van der Waals surface area contributed by atoms with Crippen molar-refractivity contribution in [2.24, 2.45) is 7.05 Å². The van der Waals surface area contributed by atoms with Crippen LogP contribution < -0.4 is 0 Å². The Hall–Kier alpha value is -1.79. The van der Waals surface area contributed by atoms with Gasteiger partial charge in [0.1, 0.15) is 12.1 Å². The van der Waals surface area contributed by atoms with Gasteiger partial charge < -0.3 is 4.57 Å². The zero-order valence-corrected chi connectivity index (χ0v) is 8.65. The normalized spacial score (nSPS) is 12.1. The first kappa shape index (κ1) is 10.7. The highest BCUT2D eigenvalue weighted by Gasteiger charge is 2.37. The van der Waals surface area contributed by atoms with Crippen molar-refractivity contribution < 1.29 is 13.2 Å². The van der Waals surface area contributed by atoms with Gasteiger partial charge >= 0.3 is 6.18 Å². The molecule has 0 aliphatic carbocycles. The average Bonchev–Trinajstić information content (AvgIpc) is 2.69. The second-order valence-corrected chi connectivity index (χ2v) is 3.41. The van der Waals surface area contributed by atoms with E-state index in [-0.39, 0.29) is 5.69 Å². The van der Waals surface area contributed by atoms with Crippen LogP contribution in [0.1, 0.15) is 11.4 Å². The number of halogens is 3. The first-order chi connectivity index (χ1) is 7.41. The van der Waals surface area contributed by atoms with Crippen LogP contribution in [0.2, 0.25) is 0 Å². The standard InChI is InChI=1S/C9H9F3N4/c1-6-8(9(10,11)12)16(5-14-6)7-3-13-4-15(7)2/h3-5H,1-2H3. The van der Waals surface area contributed by atoms with E-state index in [2.05, 4.69) is 9.97 Å². The number of hydrogen-bond donors (Lipinski definition) is 0. The van der Waals surface area contributed by atoms with Gasteiger partial charge in [-0.25, -0.2) is 9.97 Å². The molecule has 0 spiro atoms. The average molecular weight is 230 g/mol. The van der Waals surface area contributed by atoms with Gasteiger partial charge in [-0.2, -0.15) is 13.2 Å². The third-order valence-corrected chi connectivity index (χ3v) is 2.26. The SMILES string of the molecule is Cc1ncn(-c2cncn2C)c1C(F)(F)F. The van der Waals surface area contributed by atoms with E-state index in [1.807, 2.05) is 0 Å². The zero-order valence-electron chi connectivity index (χ0n) is 8.65. The molecule has 0 radical (unpaired) electrons. The van der Waals surface area contributed by atoms with E-state index in [1.54, 1.807) is 7.05 Å². The summed E-state index contributed by atoms with van der Waals surface area (Å²) in [5, 5.41) is 0. The molecule has 16 heavy (non-hydrogen) atoms. The molecule has 0 saturated heterocycles. The number of aromatic nitrogens is 4. The number of imidazole rings is 2. The van der Waals surface area contributed by atoms with Crippen molar-refractivity contribution in [3.63, 3.8) is 0 Å². The van der Waals surface area contributed by atoms with Gasteiger partial charge in [-0.3, -0.25) is 4.57 Å². The first-order valence-electron chi connectivity index (χ1n) is 4.49. The highest BCUT2D eigenvalue weighted by atomic mass is 19.4. The fourth-order valence-electron chi connectivity index (χ4n) is 1.54. The lowest BCUT2D eigenvalue weighted by Gasteiger charge is -2.11. The van der Waals surface area contributed by atoms with E-state index in [1.165, 1.54) is 24.0 Å².